The van der Waals surface area contributed by atoms with Crippen LogP contribution < -0.4 is 10.1 Å². The van der Waals surface area contributed by atoms with E-state index >= 15 is 0 Å². The van der Waals surface area contributed by atoms with Gasteiger partial charge in [-0.1, -0.05) is 30.4 Å². The molecule has 5 nitrogen and oxygen atoms in total. The molecule has 0 aromatic heterocycles. The fourth-order valence-electron chi connectivity index (χ4n) is 2.74. The SMILES string of the molecule is COCCOc1ccccc1CNC(=O)C1(COC)C=CCC1. The fourth-order valence-corrected chi connectivity index (χ4v) is 2.74. The Labute approximate surface area is 137 Å². The van der Waals surface area contributed by atoms with E-state index in [2.05, 4.69) is 5.32 Å². The van der Waals surface area contributed by atoms with Crippen LogP contribution in [0.3, 0.4) is 0 Å². The molecule has 1 N–H and O–H groups in total. The maximum Gasteiger partial charge on any atom is 0.232 e. The van der Waals surface area contributed by atoms with Crippen molar-refractivity contribution in [2.75, 3.05) is 34.0 Å². The molecular weight excluding hydrogens is 294 g/mol. The number of carbonyl (C=O) groups is 1. The van der Waals surface area contributed by atoms with Gasteiger partial charge < -0.3 is 19.5 Å². The van der Waals surface area contributed by atoms with Crippen molar-refractivity contribution in [1.82, 2.24) is 5.32 Å². The monoisotopic (exact) mass is 319 g/mol. The Kier molecular flexibility index (Phi) is 6.62. The van der Waals surface area contributed by atoms with E-state index in [1.54, 1.807) is 14.2 Å². The van der Waals surface area contributed by atoms with E-state index in [9.17, 15) is 4.79 Å². The molecule has 1 aliphatic rings. The van der Waals surface area contributed by atoms with Crippen molar-refractivity contribution in [3.8, 4) is 5.75 Å². The first kappa shape index (κ1) is 17.5. The summed E-state index contributed by atoms with van der Waals surface area (Å²) in [5.74, 6) is 0.771. The van der Waals surface area contributed by atoms with E-state index in [0.717, 1.165) is 24.2 Å². The van der Waals surface area contributed by atoms with Crippen LogP contribution in [0.25, 0.3) is 0 Å². The largest absolute Gasteiger partial charge is 0.491 e. The molecule has 0 fully saturated rings. The van der Waals surface area contributed by atoms with Gasteiger partial charge in [0.2, 0.25) is 5.91 Å². The minimum Gasteiger partial charge on any atom is -0.491 e. The predicted molar refractivity (Wildman–Crippen MR) is 88.3 cm³/mol. The van der Waals surface area contributed by atoms with Crippen molar-refractivity contribution in [2.45, 2.75) is 19.4 Å². The highest BCUT2D eigenvalue weighted by Gasteiger charge is 2.37. The van der Waals surface area contributed by atoms with E-state index in [0.29, 0.717) is 26.4 Å². The molecule has 0 aliphatic heterocycles. The van der Waals surface area contributed by atoms with Crippen LogP contribution in [0, 0.1) is 5.41 Å². The van der Waals surface area contributed by atoms with Crippen molar-refractivity contribution in [3.63, 3.8) is 0 Å². The first-order valence-electron chi connectivity index (χ1n) is 7.86. The van der Waals surface area contributed by atoms with E-state index < -0.39 is 5.41 Å². The third-order valence-corrected chi connectivity index (χ3v) is 4.01. The van der Waals surface area contributed by atoms with Gasteiger partial charge in [0.25, 0.3) is 0 Å². The number of rotatable bonds is 9. The zero-order chi connectivity index (χ0) is 16.5. The van der Waals surface area contributed by atoms with Crippen LogP contribution >= 0.6 is 0 Å². The van der Waals surface area contributed by atoms with Crippen molar-refractivity contribution in [3.05, 3.63) is 42.0 Å². The van der Waals surface area contributed by atoms with Gasteiger partial charge in [0.1, 0.15) is 12.4 Å². The molecule has 0 saturated carbocycles. The van der Waals surface area contributed by atoms with Crippen LogP contribution in [-0.4, -0.2) is 39.9 Å². The molecule has 23 heavy (non-hydrogen) atoms. The van der Waals surface area contributed by atoms with Gasteiger partial charge in [-0.15, -0.1) is 0 Å². The Morgan fingerprint density at radius 3 is 2.74 bits per heavy atom. The first-order chi connectivity index (χ1) is 11.2. The molecule has 5 heteroatoms. The first-order valence-corrected chi connectivity index (χ1v) is 7.86. The van der Waals surface area contributed by atoms with Crippen LogP contribution in [0.4, 0.5) is 0 Å². The minimum atomic E-state index is -0.541. The normalized spacial score (nSPS) is 19.7. The Morgan fingerprint density at radius 2 is 2.04 bits per heavy atom. The number of amides is 1. The van der Waals surface area contributed by atoms with Crippen LogP contribution in [0.2, 0.25) is 0 Å². The summed E-state index contributed by atoms with van der Waals surface area (Å²) in [6, 6.07) is 7.71. The second-order valence-corrected chi connectivity index (χ2v) is 5.66. The Bertz CT molecular complexity index is 544. The van der Waals surface area contributed by atoms with Gasteiger partial charge in [0.05, 0.1) is 18.6 Å². The smallest absolute Gasteiger partial charge is 0.232 e. The summed E-state index contributed by atoms with van der Waals surface area (Å²) in [6.45, 7) is 1.85. The lowest BCUT2D eigenvalue weighted by atomic mass is 9.87. The lowest BCUT2D eigenvalue weighted by molar-refractivity contribution is -0.131. The van der Waals surface area contributed by atoms with E-state index in [4.69, 9.17) is 14.2 Å². The van der Waals surface area contributed by atoms with E-state index in [1.807, 2.05) is 36.4 Å². The van der Waals surface area contributed by atoms with Crippen molar-refractivity contribution < 1.29 is 19.0 Å². The highest BCUT2D eigenvalue weighted by atomic mass is 16.5. The van der Waals surface area contributed by atoms with Crippen LogP contribution in [0.1, 0.15) is 18.4 Å². The van der Waals surface area contributed by atoms with Gasteiger partial charge in [-0.3, -0.25) is 4.79 Å². The van der Waals surface area contributed by atoms with Crippen molar-refractivity contribution >= 4 is 5.91 Å². The number of allylic oxidation sites excluding steroid dienone is 1. The summed E-state index contributed by atoms with van der Waals surface area (Å²) < 4.78 is 15.9. The van der Waals surface area contributed by atoms with Crippen LogP contribution in [-0.2, 0) is 20.8 Å². The second-order valence-electron chi connectivity index (χ2n) is 5.66. The average molecular weight is 319 g/mol. The zero-order valence-electron chi connectivity index (χ0n) is 13.8. The van der Waals surface area contributed by atoms with E-state index in [-0.39, 0.29) is 5.91 Å². The molecule has 1 unspecified atom stereocenters. The minimum absolute atomic E-state index is 0.000190. The number of methoxy groups -OCH3 is 2. The lowest BCUT2D eigenvalue weighted by Gasteiger charge is -2.25. The van der Waals surface area contributed by atoms with Crippen LogP contribution in [0.15, 0.2) is 36.4 Å². The lowest BCUT2D eigenvalue weighted by Crippen LogP contribution is -2.41. The fraction of sp³-hybridized carbons (Fsp3) is 0.500. The number of ether oxygens (including phenoxy) is 3. The molecule has 0 heterocycles. The van der Waals surface area contributed by atoms with Gasteiger partial charge >= 0.3 is 0 Å². The summed E-state index contributed by atoms with van der Waals surface area (Å²) in [6.07, 6.45) is 5.71. The third-order valence-electron chi connectivity index (χ3n) is 4.01. The topological polar surface area (TPSA) is 56.8 Å². The molecule has 0 bridgehead atoms. The molecule has 1 aromatic rings. The summed E-state index contributed by atoms with van der Waals surface area (Å²) in [7, 11) is 3.26. The zero-order valence-corrected chi connectivity index (χ0v) is 13.8. The highest BCUT2D eigenvalue weighted by molar-refractivity contribution is 5.85. The molecule has 1 atom stereocenters. The number of hydrogen-bond acceptors (Lipinski definition) is 4. The standard InChI is InChI=1S/C18H25NO4/c1-21-11-12-23-16-8-4-3-7-15(16)13-19-17(20)18(14-22-2)9-5-6-10-18/h3-5,7-9H,6,10-14H2,1-2H3,(H,19,20). The van der Waals surface area contributed by atoms with Crippen molar-refractivity contribution in [1.29, 1.82) is 0 Å². The molecule has 0 radical (unpaired) electrons. The quantitative estimate of drug-likeness (QED) is 0.560. The van der Waals surface area contributed by atoms with Crippen molar-refractivity contribution in [2.24, 2.45) is 5.41 Å². The Balaban J connectivity index is 1.97. The Morgan fingerprint density at radius 1 is 1.22 bits per heavy atom. The molecule has 126 valence electrons. The predicted octanol–water partition coefficient (Wildman–Crippen LogP) is 2.31. The Hall–Kier alpha value is -1.85. The van der Waals surface area contributed by atoms with Gasteiger partial charge in [-0.05, 0) is 18.9 Å². The molecule has 1 aliphatic carbocycles. The number of carbonyl (C=O) groups excluding carboxylic acids is 1. The number of nitrogens with one attached hydrogen (secondary N) is 1. The summed E-state index contributed by atoms with van der Waals surface area (Å²) >= 11 is 0. The molecule has 1 amide bonds. The maximum atomic E-state index is 12.6. The highest BCUT2D eigenvalue weighted by Crippen LogP contribution is 2.32. The van der Waals surface area contributed by atoms with E-state index in [1.165, 1.54) is 0 Å². The average Bonchev–Trinajstić information content (AvgIpc) is 3.04. The van der Waals surface area contributed by atoms with Gasteiger partial charge in [0.15, 0.2) is 0 Å². The number of para-hydroxylation sites is 1. The maximum absolute atomic E-state index is 12.6. The molecular formula is C18H25NO4. The number of benzene rings is 1. The summed E-state index contributed by atoms with van der Waals surface area (Å²) in [4.78, 5) is 12.6. The van der Waals surface area contributed by atoms with Gasteiger partial charge in [0, 0.05) is 26.3 Å². The number of hydrogen-bond donors (Lipinski definition) is 1. The third kappa shape index (κ3) is 4.56. The molecule has 0 spiro atoms. The van der Waals surface area contributed by atoms with Gasteiger partial charge in [-0.25, -0.2) is 0 Å². The summed E-state index contributed by atoms with van der Waals surface area (Å²) in [5.41, 5.74) is 0.409. The molecule has 0 saturated heterocycles. The van der Waals surface area contributed by atoms with Crippen LogP contribution in [0.5, 0.6) is 5.75 Å². The van der Waals surface area contributed by atoms with Gasteiger partial charge in [-0.2, -0.15) is 0 Å². The molecule has 2 rings (SSSR count). The summed E-state index contributed by atoms with van der Waals surface area (Å²) in [5, 5.41) is 3.02. The second kappa shape index (κ2) is 8.70. The molecule has 1 aromatic carbocycles.